The molecule has 0 heterocycles. The van der Waals surface area contributed by atoms with Gasteiger partial charge in [0.05, 0.1) is 0 Å². The summed E-state index contributed by atoms with van der Waals surface area (Å²) < 4.78 is 0.486. The van der Waals surface area contributed by atoms with Gasteiger partial charge in [-0.3, -0.25) is 0 Å². The average molecular weight is 190 g/mol. The van der Waals surface area contributed by atoms with E-state index in [0.717, 1.165) is 0 Å². The Morgan fingerprint density at radius 1 is 0.833 bits per heavy atom. The SMILES string of the molecule is CC(C)(C)CS(C)(C)C(C)(C)C. The molecule has 76 valence electrons. The van der Waals surface area contributed by atoms with Gasteiger partial charge in [0.15, 0.2) is 0 Å². The second kappa shape index (κ2) is 3.25. The van der Waals surface area contributed by atoms with Crippen molar-refractivity contribution in [2.45, 2.75) is 46.3 Å². The van der Waals surface area contributed by atoms with Crippen molar-refractivity contribution >= 4 is 10.0 Å². The van der Waals surface area contributed by atoms with Crippen molar-refractivity contribution in [1.82, 2.24) is 0 Å². The molecular weight excluding hydrogens is 164 g/mol. The van der Waals surface area contributed by atoms with Gasteiger partial charge in [-0.15, -0.1) is 0 Å². The van der Waals surface area contributed by atoms with Gasteiger partial charge in [0, 0.05) is 0 Å². The first-order chi connectivity index (χ1) is 4.96. The molecule has 0 N–H and O–H groups in total. The minimum absolute atomic E-state index is 0.455. The molecule has 0 saturated heterocycles. The van der Waals surface area contributed by atoms with Crippen molar-refractivity contribution < 1.29 is 0 Å². The van der Waals surface area contributed by atoms with Crippen LogP contribution in [0, 0.1) is 5.41 Å². The topological polar surface area (TPSA) is 0 Å². The predicted octanol–water partition coefficient (Wildman–Crippen LogP) is 3.90. The first kappa shape index (κ1) is 12.3. The van der Waals surface area contributed by atoms with Crippen LogP contribution in [-0.4, -0.2) is 23.0 Å². The largest absolute Gasteiger partial charge is 0.241 e. The highest BCUT2D eigenvalue weighted by molar-refractivity contribution is 8.33. The molecule has 1 heteroatoms. The number of hydrogen-bond donors (Lipinski definition) is 0. The van der Waals surface area contributed by atoms with Crippen LogP contribution in [0.3, 0.4) is 0 Å². The summed E-state index contributed by atoms with van der Waals surface area (Å²) in [4.78, 5) is 0. The predicted molar refractivity (Wildman–Crippen MR) is 63.5 cm³/mol. The molecule has 0 aromatic heterocycles. The summed E-state index contributed by atoms with van der Waals surface area (Å²) in [6.45, 7) is 14.1. The summed E-state index contributed by atoms with van der Waals surface area (Å²) in [5.74, 6) is 1.36. The first-order valence-corrected chi connectivity index (χ1v) is 7.28. The molecule has 0 spiro atoms. The zero-order valence-electron chi connectivity index (χ0n) is 10.1. The molecule has 0 aromatic carbocycles. The molecule has 0 amide bonds. The molecule has 0 aliphatic carbocycles. The lowest BCUT2D eigenvalue weighted by Gasteiger charge is -2.48. The Hall–Kier alpha value is 0.350. The van der Waals surface area contributed by atoms with Gasteiger partial charge in [0.1, 0.15) is 0 Å². The summed E-state index contributed by atoms with van der Waals surface area (Å²) in [5.41, 5.74) is 0.478. The van der Waals surface area contributed by atoms with Gasteiger partial charge in [-0.1, -0.05) is 41.5 Å². The van der Waals surface area contributed by atoms with E-state index in [1.807, 2.05) is 0 Å². The third kappa shape index (κ3) is 3.84. The van der Waals surface area contributed by atoms with E-state index in [4.69, 9.17) is 0 Å². The Morgan fingerprint density at radius 3 is 1.25 bits per heavy atom. The minimum atomic E-state index is -0.455. The Balaban J connectivity index is 4.44. The van der Waals surface area contributed by atoms with Gasteiger partial charge in [-0.25, -0.2) is 10.0 Å². The standard InChI is InChI=1S/C11H26S/c1-10(2,3)9-12(7,8)11(4,5)6/h9H2,1-8H3. The molecule has 0 aliphatic heterocycles. The van der Waals surface area contributed by atoms with Crippen LogP contribution in [0.5, 0.6) is 0 Å². The minimum Gasteiger partial charge on any atom is -0.241 e. The molecule has 0 rings (SSSR count). The monoisotopic (exact) mass is 190 g/mol. The van der Waals surface area contributed by atoms with Crippen LogP contribution < -0.4 is 0 Å². The highest BCUT2D eigenvalue weighted by Crippen LogP contribution is 2.55. The second-order valence-corrected chi connectivity index (χ2v) is 10.9. The molecule has 0 fully saturated rings. The van der Waals surface area contributed by atoms with E-state index in [9.17, 15) is 0 Å². The maximum Gasteiger partial charge on any atom is -0.00870 e. The van der Waals surface area contributed by atoms with Crippen molar-refractivity contribution in [3.63, 3.8) is 0 Å². The summed E-state index contributed by atoms with van der Waals surface area (Å²) >= 11 is 0. The summed E-state index contributed by atoms with van der Waals surface area (Å²) in [6, 6.07) is 0. The fourth-order valence-corrected chi connectivity index (χ4v) is 3.90. The van der Waals surface area contributed by atoms with Gasteiger partial charge in [-0.05, 0) is 28.4 Å². The van der Waals surface area contributed by atoms with E-state index < -0.39 is 10.0 Å². The van der Waals surface area contributed by atoms with Crippen LogP contribution in [0.1, 0.15) is 41.5 Å². The van der Waals surface area contributed by atoms with Gasteiger partial charge >= 0.3 is 0 Å². The van der Waals surface area contributed by atoms with E-state index in [0.29, 0.717) is 10.2 Å². The summed E-state index contributed by atoms with van der Waals surface area (Å²) in [7, 11) is -0.455. The zero-order chi connectivity index (χ0) is 10.2. The van der Waals surface area contributed by atoms with Crippen LogP contribution in [-0.2, 0) is 0 Å². The first-order valence-electron chi connectivity index (χ1n) is 4.66. The van der Waals surface area contributed by atoms with Crippen LogP contribution in [0.15, 0.2) is 0 Å². The lowest BCUT2D eigenvalue weighted by Crippen LogP contribution is -2.30. The fraction of sp³-hybridized carbons (Fsp3) is 1.00. The molecule has 0 aromatic rings. The molecule has 0 bridgehead atoms. The quantitative estimate of drug-likeness (QED) is 0.588. The highest BCUT2D eigenvalue weighted by Gasteiger charge is 2.31. The lowest BCUT2D eigenvalue weighted by atomic mass is 10.0. The van der Waals surface area contributed by atoms with E-state index in [1.54, 1.807) is 0 Å². The molecule has 0 radical (unpaired) electrons. The zero-order valence-corrected chi connectivity index (χ0v) is 10.9. The van der Waals surface area contributed by atoms with Gasteiger partial charge in [0.2, 0.25) is 0 Å². The highest BCUT2D eigenvalue weighted by atomic mass is 32.3. The molecular formula is C11H26S. The summed E-state index contributed by atoms with van der Waals surface area (Å²) in [5, 5.41) is 0. The normalized spacial score (nSPS) is 16.3. The maximum atomic E-state index is 2.46. The number of rotatable bonds is 1. The molecule has 0 saturated carbocycles. The van der Waals surface area contributed by atoms with E-state index in [-0.39, 0.29) is 0 Å². The average Bonchev–Trinajstić information content (AvgIpc) is 1.52. The second-order valence-electron chi connectivity index (χ2n) is 6.36. The molecule has 12 heavy (non-hydrogen) atoms. The molecule has 0 atom stereocenters. The Bertz CT molecular complexity index is 143. The van der Waals surface area contributed by atoms with Crippen LogP contribution >= 0.6 is 10.0 Å². The Kier molecular flexibility index (Phi) is 3.34. The van der Waals surface area contributed by atoms with E-state index in [1.165, 1.54) is 5.75 Å². The lowest BCUT2D eigenvalue weighted by molar-refractivity contribution is 0.475. The summed E-state index contributed by atoms with van der Waals surface area (Å²) in [6.07, 6.45) is 4.91. The Labute approximate surface area is 80.4 Å². The number of hydrogen-bond acceptors (Lipinski definition) is 0. The van der Waals surface area contributed by atoms with Crippen LogP contribution in [0.25, 0.3) is 0 Å². The van der Waals surface area contributed by atoms with Crippen molar-refractivity contribution in [3.8, 4) is 0 Å². The van der Waals surface area contributed by atoms with Gasteiger partial charge < -0.3 is 0 Å². The van der Waals surface area contributed by atoms with E-state index >= 15 is 0 Å². The van der Waals surface area contributed by atoms with Gasteiger partial charge in [-0.2, -0.15) is 0 Å². The molecule has 0 unspecified atom stereocenters. The van der Waals surface area contributed by atoms with Crippen molar-refractivity contribution in [2.75, 3.05) is 18.3 Å². The molecule has 0 nitrogen and oxygen atoms in total. The fourth-order valence-electron chi connectivity index (χ4n) is 1.30. The smallest absolute Gasteiger partial charge is 0.00870 e. The third-order valence-electron chi connectivity index (χ3n) is 2.45. The molecule has 0 aliphatic rings. The van der Waals surface area contributed by atoms with Gasteiger partial charge in [0.25, 0.3) is 0 Å². The maximum absolute atomic E-state index is 2.46. The van der Waals surface area contributed by atoms with Crippen LogP contribution in [0.4, 0.5) is 0 Å². The van der Waals surface area contributed by atoms with Crippen molar-refractivity contribution in [2.24, 2.45) is 5.41 Å². The third-order valence-corrected chi connectivity index (χ3v) is 7.35. The Morgan fingerprint density at radius 2 is 1.17 bits per heavy atom. The van der Waals surface area contributed by atoms with Crippen molar-refractivity contribution in [1.29, 1.82) is 0 Å². The van der Waals surface area contributed by atoms with Crippen molar-refractivity contribution in [3.05, 3.63) is 0 Å². The van der Waals surface area contributed by atoms with Crippen LogP contribution in [0.2, 0.25) is 0 Å². The van der Waals surface area contributed by atoms with E-state index in [2.05, 4.69) is 54.1 Å².